The van der Waals surface area contributed by atoms with Crippen molar-refractivity contribution in [2.75, 3.05) is 13.1 Å². The summed E-state index contributed by atoms with van der Waals surface area (Å²) in [5.74, 6) is 0. The van der Waals surface area contributed by atoms with Crippen LogP contribution in [0.4, 0.5) is 4.79 Å². The Morgan fingerprint density at radius 1 is 1.33 bits per heavy atom. The number of carbonyl (C=O) groups is 1. The van der Waals surface area contributed by atoms with E-state index < -0.39 is 13.9 Å². The topological polar surface area (TPSA) is 38.8 Å². The van der Waals surface area contributed by atoms with Crippen LogP contribution in [-0.2, 0) is 9.16 Å². The van der Waals surface area contributed by atoms with E-state index in [-0.39, 0.29) is 6.09 Å². The lowest BCUT2D eigenvalue weighted by atomic mass is 10.2. The highest BCUT2D eigenvalue weighted by Crippen LogP contribution is 2.19. The molecule has 0 aromatic carbocycles. The summed E-state index contributed by atoms with van der Waals surface area (Å²) in [5, 5.41) is 0. The van der Waals surface area contributed by atoms with Gasteiger partial charge in [-0.2, -0.15) is 0 Å². The summed E-state index contributed by atoms with van der Waals surface area (Å²) in [7, 11) is -1.52. The number of likely N-dealkylation sites (tertiary alicyclic amines) is 1. The van der Waals surface area contributed by atoms with Crippen LogP contribution in [-0.4, -0.2) is 38.0 Å². The number of rotatable bonds is 2. The molecule has 0 bridgehead atoms. The van der Waals surface area contributed by atoms with Crippen LogP contribution in [0.1, 0.15) is 27.2 Å². The second kappa shape index (κ2) is 5.34. The molecular weight excluding hydrogens is 246 g/mol. The number of ether oxygens (including phenoxy) is 1. The summed E-state index contributed by atoms with van der Waals surface area (Å²) in [5.41, 5.74) is 0.738. The maximum atomic E-state index is 11.9. The first-order chi connectivity index (χ1) is 8.07. The molecule has 0 aliphatic carbocycles. The smallest absolute Gasteiger partial charge is 0.410 e. The maximum absolute atomic E-state index is 11.9. The summed E-state index contributed by atoms with van der Waals surface area (Å²) in [6.07, 6.45) is 2.49. The quantitative estimate of drug-likeness (QED) is 0.571. The molecule has 0 N–H and O–H groups in total. The third kappa shape index (κ3) is 5.58. The fourth-order valence-corrected chi connectivity index (χ4v) is 2.04. The predicted octanol–water partition coefficient (Wildman–Crippen LogP) is 3.36. The molecule has 1 aliphatic rings. The molecule has 1 saturated heterocycles. The van der Waals surface area contributed by atoms with Crippen LogP contribution >= 0.6 is 0 Å². The monoisotopic (exact) mass is 271 g/mol. The van der Waals surface area contributed by atoms with Crippen molar-refractivity contribution in [2.24, 2.45) is 0 Å². The van der Waals surface area contributed by atoms with E-state index in [1.807, 2.05) is 27.0 Å². The number of nitrogens with zero attached hydrogens (tertiary/aromatic N) is 1. The molecule has 0 spiro atoms. The van der Waals surface area contributed by atoms with Gasteiger partial charge in [-0.15, -0.1) is 0 Å². The van der Waals surface area contributed by atoms with Crippen LogP contribution in [0, 0.1) is 0 Å². The average molecular weight is 271 g/mol. The molecule has 104 valence electrons. The number of carbonyl (C=O) groups excluding carboxylic acids is 1. The summed E-state index contributed by atoms with van der Waals surface area (Å²) < 4.78 is 11.1. The van der Waals surface area contributed by atoms with Gasteiger partial charge in [0.05, 0.1) is 6.26 Å². The van der Waals surface area contributed by atoms with Crippen molar-refractivity contribution in [3.05, 3.63) is 11.8 Å². The van der Waals surface area contributed by atoms with E-state index >= 15 is 0 Å². The lowest BCUT2D eigenvalue weighted by Crippen LogP contribution is -2.34. The third-order valence-electron chi connectivity index (χ3n) is 2.33. The molecular formula is C13H25NO3Si. The molecule has 1 heterocycles. The number of hydrogen-bond donors (Lipinski definition) is 0. The van der Waals surface area contributed by atoms with E-state index in [2.05, 4.69) is 19.6 Å². The third-order valence-corrected chi connectivity index (χ3v) is 3.15. The van der Waals surface area contributed by atoms with E-state index in [1.54, 1.807) is 4.90 Å². The Bertz CT molecular complexity index is 339. The van der Waals surface area contributed by atoms with Crippen LogP contribution < -0.4 is 0 Å². The van der Waals surface area contributed by atoms with Crippen molar-refractivity contribution in [1.82, 2.24) is 4.90 Å². The van der Waals surface area contributed by atoms with Crippen LogP contribution in [0.3, 0.4) is 0 Å². The SMILES string of the molecule is CC(C)(C)OC(=O)N1CCC(=CO[Si](C)(C)C)C1. The minimum atomic E-state index is -1.52. The second-order valence-corrected chi connectivity index (χ2v) is 11.1. The summed E-state index contributed by atoms with van der Waals surface area (Å²) >= 11 is 0. The van der Waals surface area contributed by atoms with Crippen molar-refractivity contribution in [2.45, 2.75) is 52.4 Å². The summed E-state index contributed by atoms with van der Waals surface area (Å²) in [6.45, 7) is 13.4. The molecule has 1 aliphatic heterocycles. The molecule has 5 heteroatoms. The summed E-state index contributed by atoms with van der Waals surface area (Å²) in [4.78, 5) is 13.6. The van der Waals surface area contributed by atoms with Gasteiger partial charge < -0.3 is 14.1 Å². The van der Waals surface area contributed by atoms with Gasteiger partial charge in [0, 0.05) is 13.1 Å². The molecule has 1 amide bonds. The molecule has 0 unspecified atom stereocenters. The van der Waals surface area contributed by atoms with Crippen LogP contribution in [0.25, 0.3) is 0 Å². The molecule has 0 saturated carbocycles. The first-order valence-corrected chi connectivity index (χ1v) is 9.81. The van der Waals surface area contributed by atoms with Gasteiger partial charge in [-0.25, -0.2) is 4.79 Å². The number of hydrogen-bond acceptors (Lipinski definition) is 3. The average Bonchev–Trinajstić information content (AvgIpc) is 2.58. The molecule has 0 aromatic heterocycles. The molecule has 4 nitrogen and oxygen atoms in total. The molecule has 0 atom stereocenters. The highest BCUT2D eigenvalue weighted by atomic mass is 28.4. The van der Waals surface area contributed by atoms with Gasteiger partial charge in [-0.3, -0.25) is 0 Å². The van der Waals surface area contributed by atoms with Crippen LogP contribution in [0.2, 0.25) is 19.6 Å². The van der Waals surface area contributed by atoms with Gasteiger partial charge in [0.15, 0.2) is 0 Å². The molecule has 1 rings (SSSR count). The highest BCUT2D eigenvalue weighted by Gasteiger charge is 2.27. The van der Waals surface area contributed by atoms with E-state index in [0.29, 0.717) is 6.54 Å². The van der Waals surface area contributed by atoms with E-state index in [4.69, 9.17) is 9.16 Å². The fourth-order valence-electron chi connectivity index (χ4n) is 1.52. The van der Waals surface area contributed by atoms with Crippen LogP contribution in [0.5, 0.6) is 0 Å². The Hall–Kier alpha value is -0.973. The lowest BCUT2D eigenvalue weighted by molar-refractivity contribution is 0.0299. The standard InChI is InChI=1S/C13H25NO3Si/c1-13(2,3)17-12(15)14-8-7-11(9-14)10-16-18(4,5)6/h10H,7-9H2,1-6H3. The normalized spacial score (nSPS) is 19.2. The van der Waals surface area contributed by atoms with Gasteiger partial charge in [0.25, 0.3) is 0 Å². The van der Waals surface area contributed by atoms with Crippen molar-refractivity contribution in [1.29, 1.82) is 0 Å². The lowest BCUT2D eigenvalue weighted by Gasteiger charge is -2.24. The first-order valence-electron chi connectivity index (χ1n) is 6.40. The Kier molecular flexibility index (Phi) is 4.48. The molecule has 0 radical (unpaired) electrons. The van der Waals surface area contributed by atoms with Gasteiger partial charge in [-0.05, 0) is 52.4 Å². The molecule has 18 heavy (non-hydrogen) atoms. The Morgan fingerprint density at radius 3 is 2.44 bits per heavy atom. The highest BCUT2D eigenvalue weighted by molar-refractivity contribution is 6.69. The van der Waals surface area contributed by atoms with E-state index in [1.165, 1.54) is 5.57 Å². The fraction of sp³-hybridized carbons (Fsp3) is 0.769. The zero-order chi connectivity index (χ0) is 14.0. The maximum Gasteiger partial charge on any atom is 0.410 e. The summed E-state index contributed by atoms with van der Waals surface area (Å²) in [6, 6.07) is 0. The first kappa shape index (κ1) is 15.1. The minimum absolute atomic E-state index is 0.237. The van der Waals surface area contributed by atoms with E-state index in [0.717, 1.165) is 13.0 Å². The second-order valence-electron chi connectivity index (χ2n) is 6.66. The van der Waals surface area contributed by atoms with Crippen LogP contribution in [0.15, 0.2) is 11.8 Å². The van der Waals surface area contributed by atoms with Crippen molar-refractivity contribution in [3.63, 3.8) is 0 Å². The largest absolute Gasteiger partial charge is 0.550 e. The Labute approximate surface area is 111 Å². The van der Waals surface area contributed by atoms with Gasteiger partial charge in [-0.1, -0.05) is 0 Å². The minimum Gasteiger partial charge on any atom is -0.550 e. The van der Waals surface area contributed by atoms with Gasteiger partial charge in [0.1, 0.15) is 5.60 Å². The Balaban J connectivity index is 2.49. The van der Waals surface area contributed by atoms with Gasteiger partial charge >= 0.3 is 6.09 Å². The zero-order valence-electron chi connectivity index (χ0n) is 12.4. The zero-order valence-corrected chi connectivity index (χ0v) is 13.4. The number of amides is 1. The molecule has 1 fully saturated rings. The van der Waals surface area contributed by atoms with Gasteiger partial charge in [0.2, 0.25) is 8.32 Å². The molecule has 0 aromatic rings. The van der Waals surface area contributed by atoms with E-state index in [9.17, 15) is 4.79 Å². The van der Waals surface area contributed by atoms with Crippen molar-refractivity contribution >= 4 is 14.4 Å². The predicted molar refractivity (Wildman–Crippen MR) is 74.9 cm³/mol. The Morgan fingerprint density at radius 2 is 1.94 bits per heavy atom. The van der Waals surface area contributed by atoms with Crippen molar-refractivity contribution < 1.29 is 14.0 Å². The van der Waals surface area contributed by atoms with Crippen molar-refractivity contribution in [3.8, 4) is 0 Å².